The van der Waals surface area contributed by atoms with Crippen LogP contribution in [0.5, 0.6) is 5.75 Å². The maximum atomic E-state index is 11.3. The van der Waals surface area contributed by atoms with Crippen LogP contribution >= 0.6 is 11.8 Å². The summed E-state index contributed by atoms with van der Waals surface area (Å²) in [5.74, 6) is 0.562. The number of methoxy groups -OCH3 is 1. The van der Waals surface area contributed by atoms with E-state index in [1.165, 1.54) is 24.9 Å². The summed E-state index contributed by atoms with van der Waals surface area (Å²) < 4.78 is 4.98. The summed E-state index contributed by atoms with van der Waals surface area (Å²) in [5, 5.41) is 20.4. The average Bonchev–Trinajstić information content (AvgIpc) is 2.46. The van der Waals surface area contributed by atoms with E-state index in [0.717, 1.165) is 5.75 Å². The second kappa shape index (κ2) is 6.00. The van der Waals surface area contributed by atoms with E-state index >= 15 is 0 Å². The number of thioether (sulfide) groups is 1. The van der Waals surface area contributed by atoms with Crippen molar-refractivity contribution < 1.29 is 19.6 Å². The highest BCUT2D eigenvalue weighted by molar-refractivity contribution is 7.99. The number of aliphatic carboxylic acids is 1. The van der Waals surface area contributed by atoms with E-state index in [-0.39, 0.29) is 5.69 Å². The van der Waals surface area contributed by atoms with Crippen LogP contribution in [0, 0.1) is 10.1 Å². The van der Waals surface area contributed by atoms with Gasteiger partial charge in [0.25, 0.3) is 5.69 Å². The molecule has 0 amide bonds. The SMILES string of the molecule is COc1ccc(N2CCSCC2C(=O)O)c([N+](=O)[O-])c1. The fourth-order valence-electron chi connectivity index (χ4n) is 2.12. The molecule has 1 unspecified atom stereocenters. The van der Waals surface area contributed by atoms with E-state index in [1.54, 1.807) is 17.0 Å². The van der Waals surface area contributed by atoms with Crippen molar-refractivity contribution in [1.29, 1.82) is 0 Å². The van der Waals surface area contributed by atoms with Crippen molar-refractivity contribution in [3.8, 4) is 5.75 Å². The van der Waals surface area contributed by atoms with Crippen molar-refractivity contribution in [2.24, 2.45) is 0 Å². The van der Waals surface area contributed by atoms with E-state index in [4.69, 9.17) is 4.74 Å². The minimum atomic E-state index is -0.970. The Kier molecular flexibility index (Phi) is 4.33. The molecule has 0 bridgehead atoms. The molecule has 1 aliphatic heterocycles. The number of carbonyl (C=O) groups is 1. The van der Waals surface area contributed by atoms with Crippen LogP contribution in [-0.4, -0.2) is 47.2 Å². The molecule has 0 radical (unpaired) electrons. The summed E-state index contributed by atoms with van der Waals surface area (Å²) in [6.45, 7) is 0.467. The predicted octanol–water partition coefficient (Wildman–Crippen LogP) is 1.61. The van der Waals surface area contributed by atoms with Gasteiger partial charge >= 0.3 is 5.97 Å². The van der Waals surface area contributed by atoms with Gasteiger partial charge in [-0.2, -0.15) is 11.8 Å². The molecule has 7 nitrogen and oxygen atoms in total. The Labute approximate surface area is 119 Å². The van der Waals surface area contributed by atoms with Crippen molar-refractivity contribution >= 4 is 29.1 Å². The molecule has 1 atom stereocenters. The van der Waals surface area contributed by atoms with Crippen molar-refractivity contribution in [3.63, 3.8) is 0 Å². The summed E-state index contributed by atoms with van der Waals surface area (Å²) in [4.78, 5) is 23.5. The van der Waals surface area contributed by atoms with Crippen LogP contribution in [0.3, 0.4) is 0 Å². The van der Waals surface area contributed by atoms with Crippen molar-refractivity contribution in [1.82, 2.24) is 0 Å². The van der Waals surface area contributed by atoms with Crippen LogP contribution in [0.25, 0.3) is 0 Å². The normalized spacial score (nSPS) is 18.6. The zero-order chi connectivity index (χ0) is 14.7. The molecule has 1 heterocycles. The molecule has 1 N–H and O–H groups in total. The Hall–Kier alpha value is -1.96. The standard InChI is InChI=1S/C12H14N2O5S/c1-19-8-2-3-9(10(6-8)14(17)18)13-4-5-20-7-11(13)12(15)16/h2-3,6,11H,4-5,7H2,1H3,(H,15,16). The van der Waals surface area contributed by atoms with Gasteiger partial charge in [-0.05, 0) is 12.1 Å². The molecule has 1 aromatic carbocycles. The van der Waals surface area contributed by atoms with Gasteiger partial charge < -0.3 is 14.7 Å². The Morgan fingerprint density at radius 3 is 2.95 bits per heavy atom. The highest BCUT2D eigenvalue weighted by Gasteiger charge is 2.33. The zero-order valence-corrected chi connectivity index (χ0v) is 11.6. The Balaban J connectivity index is 2.44. The van der Waals surface area contributed by atoms with Crippen molar-refractivity contribution in [3.05, 3.63) is 28.3 Å². The van der Waals surface area contributed by atoms with E-state index in [0.29, 0.717) is 23.7 Å². The van der Waals surface area contributed by atoms with Crippen LogP contribution in [0.1, 0.15) is 0 Å². The summed E-state index contributed by atoms with van der Waals surface area (Å²) in [7, 11) is 1.43. The van der Waals surface area contributed by atoms with Crippen LogP contribution < -0.4 is 9.64 Å². The number of hydrogen-bond acceptors (Lipinski definition) is 6. The number of nitrogens with zero attached hydrogens (tertiary/aromatic N) is 2. The smallest absolute Gasteiger partial charge is 0.327 e. The molecule has 0 spiro atoms. The number of carboxylic acid groups (broad SMARTS) is 1. The molecule has 0 saturated carbocycles. The highest BCUT2D eigenvalue weighted by Crippen LogP contribution is 2.35. The van der Waals surface area contributed by atoms with Crippen LogP contribution in [0.15, 0.2) is 18.2 Å². The van der Waals surface area contributed by atoms with E-state index in [1.807, 2.05) is 0 Å². The lowest BCUT2D eigenvalue weighted by molar-refractivity contribution is -0.384. The van der Waals surface area contributed by atoms with Gasteiger partial charge in [0.05, 0.1) is 18.1 Å². The first kappa shape index (κ1) is 14.4. The first-order valence-electron chi connectivity index (χ1n) is 5.94. The average molecular weight is 298 g/mol. The number of anilines is 1. The molecule has 20 heavy (non-hydrogen) atoms. The topological polar surface area (TPSA) is 92.9 Å². The monoisotopic (exact) mass is 298 g/mol. The summed E-state index contributed by atoms with van der Waals surface area (Å²) in [6, 6.07) is 3.71. The molecule has 1 fully saturated rings. The van der Waals surface area contributed by atoms with Crippen LogP contribution in [0.2, 0.25) is 0 Å². The third kappa shape index (κ3) is 2.79. The zero-order valence-electron chi connectivity index (χ0n) is 10.8. The number of benzene rings is 1. The molecule has 0 aromatic heterocycles. The summed E-state index contributed by atoms with van der Waals surface area (Å²) in [5.41, 5.74) is 0.186. The summed E-state index contributed by atoms with van der Waals surface area (Å²) >= 11 is 1.53. The fourth-order valence-corrected chi connectivity index (χ4v) is 3.15. The minimum absolute atomic E-state index is 0.137. The van der Waals surface area contributed by atoms with Crippen molar-refractivity contribution in [2.45, 2.75) is 6.04 Å². The number of hydrogen-bond donors (Lipinski definition) is 1. The number of nitro groups is 1. The Morgan fingerprint density at radius 1 is 1.60 bits per heavy atom. The largest absolute Gasteiger partial charge is 0.496 e. The lowest BCUT2D eigenvalue weighted by Gasteiger charge is -2.34. The molecular formula is C12H14N2O5S. The molecule has 8 heteroatoms. The molecule has 2 rings (SSSR count). The quantitative estimate of drug-likeness (QED) is 0.666. The Morgan fingerprint density at radius 2 is 2.35 bits per heavy atom. The van der Waals surface area contributed by atoms with Crippen LogP contribution in [-0.2, 0) is 4.79 Å². The van der Waals surface area contributed by atoms with Crippen molar-refractivity contribution in [2.75, 3.05) is 30.1 Å². The molecule has 1 aliphatic rings. The van der Waals surface area contributed by atoms with Gasteiger partial charge in [-0.3, -0.25) is 10.1 Å². The van der Waals surface area contributed by atoms with Gasteiger partial charge in [-0.25, -0.2) is 4.79 Å². The molecule has 1 aromatic rings. The Bertz CT molecular complexity index is 537. The minimum Gasteiger partial charge on any atom is -0.496 e. The lowest BCUT2D eigenvalue weighted by Crippen LogP contribution is -2.47. The van der Waals surface area contributed by atoms with Gasteiger partial charge in [-0.1, -0.05) is 0 Å². The predicted molar refractivity (Wildman–Crippen MR) is 75.7 cm³/mol. The first-order valence-corrected chi connectivity index (χ1v) is 7.09. The molecule has 108 valence electrons. The van der Waals surface area contributed by atoms with Gasteiger partial charge in [0.1, 0.15) is 17.5 Å². The van der Waals surface area contributed by atoms with Gasteiger partial charge in [0, 0.05) is 18.1 Å². The maximum absolute atomic E-state index is 11.3. The summed E-state index contributed by atoms with van der Waals surface area (Å²) in [6.07, 6.45) is 0. The number of rotatable bonds is 4. The fraction of sp³-hybridized carbons (Fsp3) is 0.417. The van der Waals surface area contributed by atoms with Gasteiger partial charge in [0.15, 0.2) is 0 Å². The molecule has 0 aliphatic carbocycles. The third-order valence-electron chi connectivity index (χ3n) is 3.10. The first-order chi connectivity index (χ1) is 9.54. The van der Waals surface area contributed by atoms with Gasteiger partial charge in [-0.15, -0.1) is 0 Å². The van der Waals surface area contributed by atoms with Gasteiger partial charge in [0.2, 0.25) is 0 Å². The molecular weight excluding hydrogens is 284 g/mol. The number of nitro benzene ring substituents is 1. The van der Waals surface area contributed by atoms with E-state index < -0.39 is 16.9 Å². The molecule has 1 saturated heterocycles. The van der Waals surface area contributed by atoms with E-state index in [2.05, 4.69) is 0 Å². The second-order valence-electron chi connectivity index (χ2n) is 4.23. The lowest BCUT2D eigenvalue weighted by atomic mass is 10.2. The third-order valence-corrected chi connectivity index (χ3v) is 4.12. The van der Waals surface area contributed by atoms with E-state index in [9.17, 15) is 20.0 Å². The second-order valence-corrected chi connectivity index (χ2v) is 5.38. The number of carboxylic acids is 1. The highest BCUT2D eigenvalue weighted by atomic mass is 32.2. The number of ether oxygens (including phenoxy) is 1. The van der Waals surface area contributed by atoms with Crippen LogP contribution in [0.4, 0.5) is 11.4 Å². The maximum Gasteiger partial charge on any atom is 0.327 e.